The number of thioether (sulfide) groups is 1. The number of carbonyl (C=O) groups is 4. The molecule has 0 saturated carbocycles. The second-order valence-corrected chi connectivity index (χ2v) is 8.15. The summed E-state index contributed by atoms with van der Waals surface area (Å²) >= 11 is 2.09. The lowest BCUT2D eigenvalue weighted by atomic mass is 10.1. The minimum Gasteiger partial charge on any atom is -0.465 e. The fraction of sp³-hybridized carbons (Fsp3) is 0.333. The quantitative estimate of drug-likeness (QED) is 0.516. The van der Waals surface area contributed by atoms with Gasteiger partial charge in [0.25, 0.3) is 5.91 Å². The van der Waals surface area contributed by atoms with Gasteiger partial charge >= 0.3 is 11.9 Å². The van der Waals surface area contributed by atoms with Crippen LogP contribution in [0.25, 0.3) is 0 Å². The average Bonchev–Trinajstić information content (AvgIpc) is 3.05. The van der Waals surface area contributed by atoms with Gasteiger partial charge < -0.3 is 20.1 Å². The van der Waals surface area contributed by atoms with Crippen LogP contribution in [0.2, 0.25) is 0 Å². The Kier molecular flexibility index (Phi) is 9.54. The van der Waals surface area contributed by atoms with Gasteiger partial charge in [0.15, 0.2) is 0 Å². The molecule has 1 aromatic carbocycles. The van der Waals surface area contributed by atoms with Crippen LogP contribution in [0.3, 0.4) is 0 Å². The van der Waals surface area contributed by atoms with E-state index in [0.29, 0.717) is 16.1 Å². The third kappa shape index (κ3) is 7.11. The van der Waals surface area contributed by atoms with Crippen molar-refractivity contribution in [2.24, 2.45) is 0 Å². The first-order valence-corrected chi connectivity index (χ1v) is 11.5. The molecule has 10 heteroatoms. The molecule has 2 aromatic rings. The van der Waals surface area contributed by atoms with Crippen LogP contribution in [0.1, 0.15) is 39.4 Å². The molecule has 31 heavy (non-hydrogen) atoms. The predicted molar refractivity (Wildman–Crippen MR) is 122 cm³/mol. The Morgan fingerprint density at radius 2 is 1.65 bits per heavy atom. The van der Waals surface area contributed by atoms with E-state index in [9.17, 15) is 19.2 Å². The van der Waals surface area contributed by atoms with E-state index in [4.69, 9.17) is 9.47 Å². The molecule has 1 heterocycles. The highest BCUT2D eigenvalue weighted by Gasteiger charge is 2.26. The topological polar surface area (TPSA) is 111 Å². The lowest BCUT2D eigenvalue weighted by Gasteiger charge is -2.07. The van der Waals surface area contributed by atoms with E-state index < -0.39 is 23.8 Å². The Hall–Kier alpha value is -2.85. The predicted octanol–water partition coefficient (Wildman–Crippen LogP) is 3.72. The van der Waals surface area contributed by atoms with Crippen molar-refractivity contribution in [2.45, 2.75) is 20.8 Å². The van der Waals surface area contributed by atoms with Crippen LogP contribution in [0, 0.1) is 6.92 Å². The standard InChI is InChI=1S/C21H24N2O6S2/c1-4-28-16(25)12-30-11-15(24)23-20-17(21(27)29-5-2)13(3)18(31-20)19(26)22-14-9-7-6-8-10-14/h6-10H,4-5,11-12H2,1-3H3,(H,22,26)(H,23,24). The van der Waals surface area contributed by atoms with Gasteiger partial charge in [0.1, 0.15) is 5.00 Å². The number of carbonyl (C=O) groups excluding carboxylic acids is 4. The zero-order chi connectivity index (χ0) is 22.8. The first kappa shape index (κ1) is 24.4. The van der Waals surface area contributed by atoms with Crippen molar-refractivity contribution in [3.05, 3.63) is 46.3 Å². The number of hydrogen-bond donors (Lipinski definition) is 2. The Balaban J connectivity index is 2.17. The first-order chi connectivity index (χ1) is 14.9. The van der Waals surface area contributed by atoms with Crippen molar-refractivity contribution in [1.82, 2.24) is 0 Å². The fourth-order valence-electron chi connectivity index (χ4n) is 2.57. The molecule has 8 nitrogen and oxygen atoms in total. The molecular weight excluding hydrogens is 440 g/mol. The number of anilines is 2. The molecule has 166 valence electrons. The summed E-state index contributed by atoms with van der Waals surface area (Å²) in [6, 6.07) is 8.91. The highest BCUT2D eigenvalue weighted by molar-refractivity contribution is 8.00. The van der Waals surface area contributed by atoms with Crippen molar-refractivity contribution in [3.8, 4) is 0 Å². The molecule has 0 aliphatic heterocycles. The van der Waals surface area contributed by atoms with Crippen LogP contribution < -0.4 is 10.6 Å². The summed E-state index contributed by atoms with van der Waals surface area (Å²) < 4.78 is 9.92. The summed E-state index contributed by atoms with van der Waals surface area (Å²) in [6.07, 6.45) is 0. The number of ether oxygens (including phenoxy) is 2. The number of para-hydroxylation sites is 1. The summed E-state index contributed by atoms with van der Waals surface area (Å²) in [5.41, 5.74) is 1.18. The molecule has 0 saturated heterocycles. The van der Waals surface area contributed by atoms with Crippen molar-refractivity contribution < 1.29 is 28.7 Å². The molecule has 0 spiro atoms. The van der Waals surface area contributed by atoms with Gasteiger partial charge in [-0.1, -0.05) is 18.2 Å². The molecule has 0 unspecified atom stereocenters. The van der Waals surface area contributed by atoms with Crippen LogP contribution in [-0.2, 0) is 19.1 Å². The summed E-state index contributed by atoms with van der Waals surface area (Å²) in [7, 11) is 0. The summed E-state index contributed by atoms with van der Waals surface area (Å²) in [6.45, 7) is 5.44. The Bertz CT molecular complexity index is 943. The minimum absolute atomic E-state index is 0.0103. The maximum atomic E-state index is 12.8. The van der Waals surface area contributed by atoms with E-state index in [2.05, 4.69) is 10.6 Å². The van der Waals surface area contributed by atoms with Gasteiger partial charge in [-0.2, -0.15) is 0 Å². The molecule has 1 aromatic heterocycles. The van der Waals surface area contributed by atoms with Gasteiger partial charge in [-0.3, -0.25) is 14.4 Å². The monoisotopic (exact) mass is 464 g/mol. The Morgan fingerprint density at radius 3 is 2.29 bits per heavy atom. The molecule has 2 amide bonds. The van der Waals surface area contributed by atoms with Crippen LogP contribution in [0.5, 0.6) is 0 Å². The minimum atomic E-state index is -0.621. The zero-order valence-corrected chi connectivity index (χ0v) is 19.1. The molecule has 0 radical (unpaired) electrons. The van der Waals surface area contributed by atoms with Gasteiger partial charge in [0.05, 0.1) is 35.2 Å². The fourth-order valence-corrected chi connectivity index (χ4v) is 4.28. The van der Waals surface area contributed by atoms with E-state index in [1.54, 1.807) is 45.0 Å². The van der Waals surface area contributed by atoms with Crippen LogP contribution in [0.4, 0.5) is 10.7 Å². The van der Waals surface area contributed by atoms with E-state index in [0.717, 1.165) is 23.1 Å². The average molecular weight is 465 g/mol. The summed E-state index contributed by atoms with van der Waals surface area (Å²) in [5.74, 6) is -1.79. The third-order valence-corrected chi connectivity index (χ3v) is 5.99. The number of amides is 2. The molecule has 0 bridgehead atoms. The van der Waals surface area contributed by atoms with Crippen molar-refractivity contribution in [2.75, 3.05) is 35.4 Å². The highest BCUT2D eigenvalue weighted by Crippen LogP contribution is 2.34. The summed E-state index contributed by atoms with van der Waals surface area (Å²) in [4.78, 5) is 49.2. The number of benzene rings is 1. The third-order valence-electron chi connectivity index (χ3n) is 3.88. The molecule has 0 atom stereocenters. The highest BCUT2D eigenvalue weighted by atomic mass is 32.2. The maximum Gasteiger partial charge on any atom is 0.341 e. The van der Waals surface area contributed by atoms with Crippen molar-refractivity contribution in [3.63, 3.8) is 0 Å². The molecule has 0 aliphatic rings. The molecule has 0 aliphatic carbocycles. The van der Waals surface area contributed by atoms with Crippen molar-refractivity contribution in [1.29, 1.82) is 0 Å². The van der Waals surface area contributed by atoms with Gasteiger partial charge in [-0.05, 0) is 38.5 Å². The van der Waals surface area contributed by atoms with Crippen LogP contribution >= 0.6 is 23.1 Å². The van der Waals surface area contributed by atoms with Gasteiger partial charge in [0, 0.05) is 5.69 Å². The van der Waals surface area contributed by atoms with E-state index in [1.807, 2.05) is 6.07 Å². The number of nitrogens with one attached hydrogen (secondary N) is 2. The van der Waals surface area contributed by atoms with E-state index in [-0.39, 0.29) is 35.3 Å². The second kappa shape index (κ2) is 12.1. The Morgan fingerprint density at radius 1 is 0.968 bits per heavy atom. The van der Waals surface area contributed by atoms with Gasteiger partial charge in [-0.25, -0.2) is 4.79 Å². The van der Waals surface area contributed by atoms with Gasteiger partial charge in [0.2, 0.25) is 5.91 Å². The number of thiophene rings is 1. The SMILES string of the molecule is CCOC(=O)CSCC(=O)Nc1sc(C(=O)Nc2ccccc2)c(C)c1C(=O)OCC. The maximum absolute atomic E-state index is 12.8. The molecular formula is C21H24N2O6S2. The summed E-state index contributed by atoms with van der Waals surface area (Å²) in [5, 5.41) is 5.67. The molecule has 0 fully saturated rings. The lowest BCUT2D eigenvalue weighted by Crippen LogP contribution is -2.18. The second-order valence-electron chi connectivity index (χ2n) is 6.15. The molecule has 2 N–H and O–H groups in total. The first-order valence-electron chi connectivity index (χ1n) is 9.57. The number of hydrogen-bond acceptors (Lipinski definition) is 8. The number of esters is 2. The van der Waals surface area contributed by atoms with E-state index in [1.165, 1.54) is 0 Å². The zero-order valence-electron chi connectivity index (χ0n) is 17.5. The van der Waals surface area contributed by atoms with Crippen LogP contribution in [-0.4, -0.2) is 48.5 Å². The lowest BCUT2D eigenvalue weighted by molar-refractivity contribution is -0.139. The molecule has 2 rings (SSSR count). The van der Waals surface area contributed by atoms with Crippen molar-refractivity contribution >= 4 is 57.5 Å². The van der Waals surface area contributed by atoms with E-state index >= 15 is 0 Å². The number of rotatable bonds is 10. The largest absolute Gasteiger partial charge is 0.465 e. The van der Waals surface area contributed by atoms with Gasteiger partial charge in [-0.15, -0.1) is 23.1 Å². The smallest absolute Gasteiger partial charge is 0.341 e. The Labute approximate surface area is 188 Å². The normalized spacial score (nSPS) is 10.3. The van der Waals surface area contributed by atoms with Crippen LogP contribution in [0.15, 0.2) is 30.3 Å².